The minimum Gasteiger partial charge on any atom is -0.126 e. The molecule has 0 aliphatic heterocycles. The van der Waals surface area contributed by atoms with Gasteiger partial charge in [-0.2, -0.15) is 0 Å². The second kappa shape index (κ2) is 9.46. The highest BCUT2D eigenvalue weighted by Gasteiger charge is 2.80. The number of benzene rings is 1. The molecule has 0 bridgehead atoms. The number of thioether (sulfide) groups is 1. The van der Waals surface area contributed by atoms with E-state index in [-0.39, 0.29) is 0 Å². The van der Waals surface area contributed by atoms with Gasteiger partial charge in [0.1, 0.15) is 0 Å². The quantitative estimate of drug-likeness (QED) is 0.317. The first-order chi connectivity index (χ1) is 16.3. The van der Waals surface area contributed by atoms with E-state index in [1.165, 1.54) is 61.2 Å². The van der Waals surface area contributed by atoms with Crippen LogP contribution in [0, 0.1) is 58.7 Å². The molecule has 0 N–H and O–H groups in total. The zero-order valence-corrected chi connectivity index (χ0v) is 24.0. The summed E-state index contributed by atoms with van der Waals surface area (Å²) in [7, 11) is 0. The molecule has 1 spiro atoms. The van der Waals surface area contributed by atoms with Crippen LogP contribution < -0.4 is 0 Å². The molecule has 0 nitrogen and oxygen atoms in total. The lowest BCUT2D eigenvalue weighted by Gasteiger charge is -2.45. The van der Waals surface area contributed by atoms with Gasteiger partial charge in [0.05, 0.1) is 0 Å². The predicted octanol–water partition coefficient (Wildman–Crippen LogP) is 10.2. The van der Waals surface area contributed by atoms with E-state index in [4.69, 9.17) is 0 Å². The molecular formula is C33H52S. The first-order valence-corrected chi connectivity index (χ1v) is 16.0. The van der Waals surface area contributed by atoms with E-state index in [1.807, 2.05) is 0 Å². The lowest BCUT2D eigenvalue weighted by atomic mass is 9.60. The van der Waals surface area contributed by atoms with Crippen molar-refractivity contribution in [3.8, 4) is 0 Å². The summed E-state index contributed by atoms with van der Waals surface area (Å²) in [6, 6.07) is 9.16. The fourth-order valence-electron chi connectivity index (χ4n) is 10.6. The number of hydrogen-bond donors (Lipinski definition) is 0. The molecule has 1 aromatic carbocycles. The molecule has 0 heterocycles. The van der Waals surface area contributed by atoms with Crippen LogP contribution >= 0.6 is 11.8 Å². The van der Waals surface area contributed by atoms with Crippen molar-refractivity contribution in [2.24, 2.45) is 51.8 Å². The van der Waals surface area contributed by atoms with Crippen LogP contribution in [0.5, 0.6) is 0 Å². The Labute approximate surface area is 215 Å². The molecule has 34 heavy (non-hydrogen) atoms. The fourth-order valence-corrected chi connectivity index (χ4v) is 11.6. The summed E-state index contributed by atoms with van der Waals surface area (Å²) in [4.78, 5) is 1.45. The molecule has 190 valence electrons. The summed E-state index contributed by atoms with van der Waals surface area (Å²) >= 11 is 2.08. The van der Waals surface area contributed by atoms with E-state index in [1.54, 1.807) is 25.7 Å². The Morgan fingerprint density at radius 2 is 1.82 bits per heavy atom. The summed E-state index contributed by atoms with van der Waals surface area (Å²) in [6.45, 7) is 15.1. The summed E-state index contributed by atoms with van der Waals surface area (Å²) < 4.78 is 0. The third kappa shape index (κ3) is 3.94. The summed E-state index contributed by atoms with van der Waals surface area (Å²) in [5.41, 5.74) is 3.43. The van der Waals surface area contributed by atoms with Crippen molar-refractivity contribution < 1.29 is 0 Å². The lowest BCUT2D eigenvalue weighted by Crippen LogP contribution is -2.38. The van der Waals surface area contributed by atoms with Crippen molar-refractivity contribution in [2.45, 2.75) is 117 Å². The van der Waals surface area contributed by atoms with E-state index in [0.29, 0.717) is 5.41 Å². The second-order valence-corrected chi connectivity index (χ2v) is 14.9. The van der Waals surface area contributed by atoms with Gasteiger partial charge in [-0.25, -0.2) is 0 Å². The molecule has 0 saturated heterocycles. The van der Waals surface area contributed by atoms with Crippen LogP contribution in [0.3, 0.4) is 0 Å². The summed E-state index contributed by atoms with van der Waals surface area (Å²) in [6.07, 6.45) is 16.5. The van der Waals surface area contributed by atoms with Gasteiger partial charge in [0, 0.05) is 4.90 Å². The number of hydrogen-bond acceptors (Lipinski definition) is 1. The Balaban J connectivity index is 1.30. The van der Waals surface area contributed by atoms with Crippen LogP contribution in [-0.2, 0) is 0 Å². The Kier molecular flexibility index (Phi) is 7.02. The standard InChI is InChI=1S/C33H52S/c1-7-17-31(6)28(25(5)16-19-34-27-11-9-23(3)10-12-27)13-14-30(31)33-21-26(8-2)29-20-24(4)15-18-32(29,33)22-33/h9-12,24-26,28-30H,7-8,13-22H2,1-6H3/t24-,25-,26+,28?,29?,30?,31?,32?,33?/m1/s1. The summed E-state index contributed by atoms with van der Waals surface area (Å²) in [5, 5.41) is 0. The van der Waals surface area contributed by atoms with Gasteiger partial charge < -0.3 is 0 Å². The Bertz CT molecular complexity index is 843. The smallest absolute Gasteiger partial charge is 0.00721 e. The average molecular weight is 481 g/mol. The first kappa shape index (κ1) is 25.2. The third-order valence-electron chi connectivity index (χ3n) is 12.1. The zero-order valence-electron chi connectivity index (χ0n) is 23.2. The van der Waals surface area contributed by atoms with E-state index in [0.717, 1.165) is 46.3 Å². The van der Waals surface area contributed by atoms with Crippen molar-refractivity contribution in [2.75, 3.05) is 5.75 Å². The maximum absolute atomic E-state index is 2.78. The maximum Gasteiger partial charge on any atom is 0.00721 e. The molecule has 0 aromatic heterocycles. The molecular weight excluding hydrogens is 428 g/mol. The van der Waals surface area contributed by atoms with Crippen molar-refractivity contribution in [1.82, 2.24) is 0 Å². The van der Waals surface area contributed by atoms with Gasteiger partial charge in [0.15, 0.2) is 0 Å². The van der Waals surface area contributed by atoms with Crippen molar-refractivity contribution in [3.05, 3.63) is 29.8 Å². The van der Waals surface area contributed by atoms with Crippen LogP contribution in [0.1, 0.15) is 111 Å². The Morgan fingerprint density at radius 1 is 1.06 bits per heavy atom. The fraction of sp³-hybridized carbons (Fsp3) is 0.818. The molecule has 1 aromatic rings. The van der Waals surface area contributed by atoms with Gasteiger partial charge in [0.25, 0.3) is 0 Å². The molecule has 4 aliphatic rings. The van der Waals surface area contributed by atoms with Gasteiger partial charge >= 0.3 is 0 Å². The Morgan fingerprint density at radius 3 is 2.53 bits per heavy atom. The monoisotopic (exact) mass is 480 g/mol. The van der Waals surface area contributed by atoms with Crippen LogP contribution in [-0.4, -0.2) is 5.75 Å². The largest absolute Gasteiger partial charge is 0.126 e. The third-order valence-corrected chi connectivity index (χ3v) is 13.1. The SMILES string of the molecule is CCCC1(C)C([C@H](C)CCSc2ccc(C)cc2)CCC1C12C[C@H](CC)C3C[C@H](C)CCC31C2. The van der Waals surface area contributed by atoms with Gasteiger partial charge in [0.2, 0.25) is 0 Å². The average Bonchev–Trinajstić information content (AvgIpc) is 3.17. The number of aryl methyl sites for hydroxylation is 1. The Hall–Kier alpha value is -0.430. The normalized spacial score (nSPS) is 44.0. The van der Waals surface area contributed by atoms with Crippen molar-refractivity contribution in [3.63, 3.8) is 0 Å². The van der Waals surface area contributed by atoms with E-state index in [2.05, 4.69) is 77.6 Å². The van der Waals surface area contributed by atoms with Gasteiger partial charge in [-0.05, 0) is 128 Å². The van der Waals surface area contributed by atoms with Gasteiger partial charge in [-0.3, -0.25) is 0 Å². The minimum atomic E-state index is 0.572. The predicted molar refractivity (Wildman–Crippen MR) is 149 cm³/mol. The van der Waals surface area contributed by atoms with Crippen molar-refractivity contribution in [1.29, 1.82) is 0 Å². The topological polar surface area (TPSA) is 0 Å². The molecule has 4 saturated carbocycles. The first-order valence-electron chi connectivity index (χ1n) is 15.0. The highest BCUT2D eigenvalue weighted by molar-refractivity contribution is 7.99. The molecule has 9 atom stereocenters. The highest BCUT2D eigenvalue weighted by atomic mass is 32.2. The van der Waals surface area contributed by atoms with Crippen molar-refractivity contribution >= 4 is 11.8 Å². The van der Waals surface area contributed by atoms with Crippen LogP contribution in [0.25, 0.3) is 0 Å². The van der Waals surface area contributed by atoms with E-state index in [9.17, 15) is 0 Å². The molecule has 4 aliphatic carbocycles. The molecule has 4 fully saturated rings. The molecule has 0 amide bonds. The lowest BCUT2D eigenvalue weighted by molar-refractivity contribution is 0.0362. The van der Waals surface area contributed by atoms with Crippen LogP contribution in [0.2, 0.25) is 0 Å². The zero-order chi connectivity index (χ0) is 24.1. The highest BCUT2D eigenvalue weighted by Crippen LogP contribution is 2.87. The van der Waals surface area contributed by atoms with Gasteiger partial charge in [-0.15, -0.1) is 11.8 Å². The molecule has 1 heteroatoms. The summed E-state index contributed by atoms with van der Waals surface area (Å²) in [5.74, 6) is 7.15. The molecule has 0 radical (unpaired) electrons. The molecule has 5 rings (SSSR count). The van der Waals surface area contributed by atoms with Crippen LogP contribution in [0.15, 0.2) is 29.2 Å². The van der Waals surface area contributed by atoms with E-state index < -0.39 is 0 Å². The maximum atomic E-state index is 2.78. The second-order valence-electron chi connectivity index (χ2n) is 13.8. The molecule has 6 unspecified atom stereocenters. The van der Waals surface area contributed by atoms with E-state index >= 15 is 0 Å². The van der Waals surface area contributed by atoms with Crippen LogP contribution in [0.4, 0.5) is 0 Å². The minimum absolute atomic E-state index is 0.572. The van der Waals surface area contributed by atoms with Gasteiger partial charge in [-0.1, -0.05) is 71.6 Å². The number of rotatable bonds is 9.